The van der Waals surface area contributed by atoms with Gasteiger partial charge in [0.05, 0.1) is 0 Å². The van der Waals surface area contributed by atoms with Gasteiger partial charge in [0, 0.05) is 11.3 Å². The Balaban J connectivity index is 2.50. The van der Waals surface area contributed by atoms with Crippen LogP contribution in [0, 0.1) is 0 Å². The molecule has 1 fully saturated rings. The van der Waals surface area contributed by atoms with Crippen LogP contribution in [-0.2, 0) is 0 Å². The summed E-state index contributed by atoms with van der Waals surface area (Å²) in [6.07, 6.45) is 1.86. The van der Waals surface area contributed by atoms with Gasteiger partial charge < -0.3 is 15.9 Å². The molecule has 0 saturated heterocycles. The van der Waals surface area contributed by atoms with Crippen LogP contribution >= 0.6 is 0 Å². The molecule has 0 spiro atoms. The van der Waals surface area contributed by atoms with Crippen LogP contribution < -0.4 is 5.73 Å². The van der Waals surface area contributed by atoms with E-state index in [9.17, 15) is 10.2 Å². The molecule has 1 aromatic carbocycles. The van der Waals surface area contributed by atoms with E-state index in [0.29, 0.717) is 11.3 Å². The molecular weight excluding hydrogens is 166 g/mol. The molecule has 0 bridgehead atoms. The van der Waals surface area contributed by atoms with Gasteiger partial charge in [-0.3, -0.25) is 0 Å². The van der Waals surface area contributed by atoms with E-state index < -0.39 is 0 Å². The molecule has 1 aliphatic carbocycles. The van der Waals surface area contributed by atoms with E-state index in [4.69, 9.17) is 5.73 Å². The first-order valence-electron chi connectivity index (χ1n) is 4.18. The molecular formula is C10H11NO2. The van der Waals surface area contributed by atoms with Crippen molar-refractivity contribution >= 4 is 11.4 Å². The molecule has 0 aromatic heterocycles. The minimum atomic E-state index is 0.122. The molecule has 3 heteroatoms. The molecule has 0 atom stereocenters. The van der Waals surface area contributed by atoms with Gasteiger partial charge in [0.2, 0.25) is 0 Å². The van der Waals surface area contributed by atoms with Gasteiger partial charge in [0.25, 0.3) is 0 Å². The zero-order chi connectivity index (χ0) is 9.42. The summed E-state index contributed by atoms with van der Waals surface area (Å²) in [7, 11) is 0. The first-order chi connectivity index (χ1) is 6.18. The van der Waals surface area contributed by atoms with Crippen LogP contribution in [0.15, 0.2) is 23.8 Å². The molecule has 0 heterocycles. The lowest BCUT2D eigenvalue weighted by Gasteiger charge is -2.04. The van der Waals surface area contributed by atoms with E-state index in [1.165, 1.54) is 12.1 Å². The van der Waals surface area contributed by atoms with Crippen LogP contribution in [0.3, 0.4) is 0 Å². The van der Waals surface area contributed by atoms with E-state index in [1.807, 2.05) is 0 Å². The average Bonchev–Trinajstić information content (AvgIpc) is 2.91. The second kappa shape index (κ2) is 2.69. The van der Waals surface area contributed by atoms with Gasteiger partial charge in [-0.1, -0.05) is 0 Å². The Morgan fingerprint density at radius 1 is 1.31 bits per heavy atom. The van der Waals surface area contributed by atoms with Crippen molar-refractivity contribution in [3.05, 3.63) is 29.3 Å². The van der Waals surface area contributed by atoms with Crippen LogP contribution in [0.2, 0.25) is 0 Å². The summed E-state index contributed by atoms with van der Waals surface area (Å²) in [6, 6.07) is 4.57. The minimum absolute atomic E-state index is 0.122. The van der Waals surface area contributed by atoms with Crippen LogP contribution in [0.4, 0.5) is 5.69 Å². The van der Waals surface area contributed by atoms with Crippen molar-refractivity contribution < 1.29 is 10.2 Å². The van der Waals surface area contributed by atoms with Crippen molar-refractivity contribution in [1.29, 1.82) is 0 Å². The van der Waals surface area contributed by atoms with E-state index >= 15 is 0 Å². The number of hydrogen-bond acceptors (Lipinski definition) is 3. The van der Waals surface area contributed by atoms with Gasteiger partial charge in [0.15, 0.2) is 0 Å². The van der Waals surface area contributed by atoms with Crippen molar-refractivity contribution in [2.75, 3.05) is 5.73 Å². The number of aliphatic hydroxyl groups excluding tert-OH is 1. The monoisotopic (exact) mass is 177 g/mol. The maximum atomic E-state index is 9.65. The maximum absolute atomic E-state index is 9.65. The zero-order valence-electron chi connectivity index (χ0n) is 7.12. The molecule has 4 N–H and O–H groups in total. The minimum Gasteiger partial charge on any atom is -0.508 e. The van der Waals surface area contributed by atoms with E-state index in [-0.39, 0.29) is 11.5 Å². The molecule has 0 unspecified atom stereocenters. The van der Waals surface area contributed by atoms with Gasteiger partial charge in [-0.25, -0.2) is 0 Å². The van der Waals surface area contributed by atoms with Crippen LogP contribution in [-0.4, -0.2) is 10.2 Å². The van der Waals surface area contributed by atoms with E-state index in [0.717, 1.165) is 18.4 Å². The Labute approximate surface area is 76.1 Å². The lowest BCUT2D eigenvalue weighted by atomic mass is 10.1. The molecule has 0 radical (unpaired) electrons. The molecule has 1 aliphatic rings. The van der Waals surface area contributed by atoms with Crippen LogP contribution in [0.25, 0.3) is 5.76 Å². The molecule has 13 heavy (non-hydrogen) atoms. The number of allylic oxidation sites excluding steroid dienone is 1. The maximum Gasteiger partial charge on any atom is 0.124 e. The smallest absolute Gasteiger partial charge is 0.124 e. The highest BCUT2D eigenvalue weighted by molar-refractivity contribution is 5.75. The van der Waals surface area contributed by atoms with Crippen LogP contribution in [0.5, 0.6) is 5.75 Å². The fourth-order valence-corrected chi connectivity index (χ4v) is 1.24. The fourth-order valence-electron chi connectivity index (χ4n) is 1.24. The molecule has 0 aliphatic heterocycles. The predicted octanol–water partition coefficient (Wildman–Crippen LogP) is 2.04. The summed E-state index contributed by atoms with van der Waals surface area (Å²) < 4.78 is 0. The number of aliphatic hydroxyl groups is 1. The number of phenols is 1. The normalized spacial score (nSPS) is 14.3. The third kappa shape index (κ3) is 1.45. The van der Waals surface area contributed by atoms with Gasteiger partial charge in [-0.15, -0.1) is 0 Å². The quantitative estimate of drug-likeness (QED) is 0.349. The standard InChI is InChI=1S/C10H11NO2/c11-9-4-3-7(12)5-8(9)10(13)6-1-2-6/h3-5,12-13H,1-2,11H2. The summed E-state index contributed by atoms with van der Waals surface area (Å²) in [4.78, 5) is 0. The third-order valence-corrected chi connectivity index (χ3v) is 2.13. The second-order valence-electron chi connectivity index (χ2n) is 3.22. The number of rotatable bonds is 1. The van der Waals surface area contributed by atoms with Gasteiger partial charge in [-0.2, -0.15) is 0 Å². The highest BCUT2D eigenvalue weighted by Crippen LogP contribution is 2.37. The summed E-state index contributed by atoms with van der Waals surface area (Å²) in [5, 5.41) is 18.9. The first-order valence-corrected chi connectivity index (χ1v) is 4.18. The summed E-state index contributed by atoms with van der Waals surface area (Å²) >= 11 is 0. The van der Waals surface area contributed by atoms with Crippen molar-refractivity contribution in [2.24, 2.45) is 0 Å². The Morgan fingerprint density at radius 3 is 2.62 bits per heavy atom. The fraction of sp³-hybridized carbons (Fsp3) is 0.200. The van der Waals surface area contributed by atoms with Crippen molar-refractivity contribution in [3.63, 3.8) is 0 Å². The summed E-state index contributed by atoms with van der Waals surface area (Å²) in [5.74, 6) is 0.352. The third-order valence-electron chi connectivity index (χ3n) is 2.13. The van der Waals surface area contributed by atoms with Crippen LogP contribution in [0.1, 0.15) is 18.4 Å². The van der Waals surface area contributed by atoms with Gasteiger partial charge in [0.1, 0.15) is 11.5 Å². The number of nitrogens with two attached hydrogens (primary N) is 1. The topological polar surface area (TPSA) is 66.5 Å². The van der Waals surface area contributed by atoms with E-state index in [1.54, 1.807) is 6.07 Å². The molecule has 1 aromatic rings. The highest BCUT2D eigenvalue weighted by atomic mass is 16.3. The van der Waals surface area contributed by atoms with E-state index in [2.05, 4.69) is 0 Å². The average molecular weight is 177 g/mol. The first kappa shape index (κ1) is 7.98. The summed E-state index contributed by atoms with van der Waals surface area (Å²) in [5.41, 5.74) is 7.69. The zero-order valence-corrected chi connectivity index (χ0v) is 7.12. The number of nitrogen functional groups attached to an aromatic ring is 1. The molecule has 0 amide bonds. The number of benzene rings is 1. The van der Waals surface area contributed by atoms with Crippen molar-refractivity contribution in [2.45, 2.75) is 12.8 Å². The molecule has 1 saturated carbocycles. The number of anilines is 1. The Hall–Kier alpha value is -1.64. The largest absolute Gasteiger partial charge is 0.508 e. The highest BCUT2D eigenvalue weighted by Gasteiger charge is 2.19. The summed E-state index contributed by atoms with van der Waals surface area (Å²) in [6.45, 7) is 0. The Bertz CT molecular complexity index is 377. The van der Waals surface area contributed by atoms with Crippen molar-refractivity contribution in [3.8, 4) is 5.75 Å². The van der Waals surface area contributed by atoms with Crippen molar-refractivity contribution in [1.82, 2.24) is 0 Å². The second-order valence-corrected chi connectivity index (χ2v) is 3.22. The molecule has 3 nitrogen and oxygen atoms in total. The molecule has 2 rings (SSSR count). The predicted molar refractivity (Wildman–Crippen MR) is 51.3 cm³/mol. The van der Waals surface area contributed by atoms with Gasteiger partial charge in [-0.05, 0) is 36.6 Å². The number of aromatic hydroxyl groups is 1. The Kier molecular flexibility index (Phi) is 1.65. The lowest BCUT2D eigenvalue weighted by Crippen LogP contribution is -1.92. The Morgan fingerprint density at radius 2 is 2.00 bits per heavy atom. The molecule has 68 valence electrons. The number of phenolic OH excluding ortho intramolecular Hbond substituents is 1. The lowest BCUT2D eigenvalue weighted by molar-refractivity contribution is 0.473. The number of hydrogen-bond donors (Lipinski definition) is 3. The SMILES string of the molecule is Nc1ccc(O)cc1C(O)=C1CC1. The van der Waals surface area contributed by atoms with Gasteiger partial charge >= 0.3 is 0 Å².